The molecule has 0 saturated heterocycles. The van der Waals surface area contributed by atoms with Crippen LogP contribution in [0.15, 0.2) is 30.3 Å². The number of benzene rings is 1. The van der Waals surface area contributed by atoms with Gasteiger partial charge >= 0.3 is 0 Å². The van der Waals surface area contributed by atoms with E-state index in [0.717, 1.165) is 29.9 Å². The van der Waals surface area contributed by atoms with E-state index in [4.69, 9.17) is 4.74 Å². The highest BCUT2D eigenvalue weighted by Crippen LogP contribution is 2.38. The summed E-state index contributed by atoms with van der Waals surface area (Å²) in [6.45, 7) is 0.447. The third-order valence-corrected chi connectivity index (χ3v) is 3.99. The fourth-order valence-electron chi connectivity index (χ4n) is 2.56. The van der Waals surface area contributed by atoms with Gasteiger partial charge in [0.2, 0.25) is 0 Å². The predicted molar refractivity (Wildman–Crippen MR) is 84.7 cm³/mol. The molecular weight excluding hydrogens is 294 g/mol. The summed E-state index contributed by atoms with van der Waals surface area (Å²) in [6.07, 6.45) is 2.30. The summed E-state index contributed by atoms with van der Waals surface area (Å²) in [7, 11) is 1.53. The molecule has 2 aromatic heterocycles. The van der Waals surface area contributed by atoms with Crippen molar-refractivity contribution in [1.82, 2.24) is 19.8 Å². The molecule has 0 amide bonds. The molecule has 0 atom stereocenters. The summed E-state index contributed by atoms with van der Waals surface area (Å²) in [5, 5.41) is 26.3. The standard InChI is InChI=1S/C16H17N5O2/c1-23-12-4-2-3-11(15(12)22)9-17-13-7-8-14-18-19-16(10-5-6-10)21(14)20-13/h2-4,7-8,10,22H,5-6,9H2,1H3,(H,17,20). The van der Waals surface area contributed by atoms with Gasteiger partial charge in [0.05, 0.1) is 7.11 Å². The maximum absolute atomic E-state index is 10.1. The molecule has 1 aliphatic carbocycles. The van der Waals surface area contributed by atoms with Crippen molar-refractivity contribution in [3.8, 4) is 11.5 Å². The van der Waals surface area contributed by atoms with Crippen molar-refractivity contribution in [2.75, 3.05) is 12.4 Å². The van der Waals surface area contributed by atoms with Gasteiger partial charge in [0.25, 0.3) is 0 Å². The first-order chi connectivity index (χ1) is 11.3. The topological polar surface area (TPSA) is 84.6 Å². The number of hydrogen-bond donors (Lipinski definition) is 2. The molecule has 0 bridgehead atoms. The summed E-state index contributed by atoms with van der Waals surface area (Å²) < 4.78 is 6.92. The molecule has 1 aliphatic rings. The highest BCUT2D eigenvalue weighted by molar-refractivity contribution is 5.48. The minimum Gasteiger partial charge on any atom is -0.504 e. The van der Waals surface area contributed by atoms with Crippen LogP contribution in [0.3, 0.4) is 0 Å². The van der Waals surface area contributed by atoms with E-state index in [1.165, 1.54) is 7.11 Å². The third-order valence-electron chi connectivity index (χ3n) is 3.99. The van der Waals surface area contributed by atoms with E-state index < -0.39 is 0 Å². The molecule has 7 nitrogen and oxygen atoms in total. The minimum atomic E-state index is 0.145. The number of anilines is 1. The summed E-state index contributed by atoms with van der Waals surface area (Å²) in [6, 6.07) is 9.16. The van der Waals surface area contributed by atoms with E-state index in [0.29, 0.717) is 24.0 Å². The Balaban J connectivity index is 1.57. The molecule has 0 spiro atoms. The number of hydrogen-bond acceptors (Lipinski definition) is 6. The third kappa shape index (κ3) is 2.54. The zero-order valence-corrected chi connectivity index (χ0v) is 12.7. The van der Waals surface area contributed by atoms with E-state index in [2.05, 4.69) is 20.6 Å². The van der Waals surface area contributed by atoms with Crippen LogP contribution in [-0.4, -0.2) is 32.0 Å². The Morgan fingerprint density at radius 3 is 2.91 bits per heavy atom. The Bertz CT molecular complexity index is 857. The maximum Gasteiger partial charge on any atom is 0.178 e. The second-order valence-corrected chi connectivity index (χ2v) is 5.64. The molecular formula is C16H17N5O2. The number of aromatic hydroxyl groups is 1. The molecule has 1 fully saturated rings. The van der Waals surface area contributed by atoms with Gasteiger partial charge in [0.1, 0.15) is 5.82 Å². The van der Waals surface area contributed by atoms with Crippen LogP contribution in [0.5, 0.6) is 11.5 Å². The smallest absolute Gasteiger partial charge is 0.178 e. The average molecular weight is 311 g/mol. The van der Waals surface area contributed by atoms with Gasteiger partial charge in [-0.25, -0.2) is 0 Å². The van der Waals surface area contributed by atoms with Gasteiger partial charge < -0.3 is 15.2 Å². The van der Waals surface area contributed by atoms with Crippen molar-refractivity contribution in [2.45, 2.75) is 25.3 Å². The maximum atomic E-state index is 10.1. The van der Waals surface area contributed by atoms with Crippen LogP contribution >= 0.6 is 0 Å². The van der Waals surface area contributed by atoms with Crippen molar-refractivity contribution in [3.05, 3.63) is 41.7 Å². The van der Waals surface area contributed by atoms with E-state index in [1.54, 1.807) is 10.6 Å². The largest absolute Gasteiger partial charge is 0.504 e. The number of aromatic nitrogens is 4. The molecule has 1 saturated carbocycles. The van der Waals surface area contributed by atoms with Gasteiger partial charge in [0, 0.05) is 18.0 Å². The second kappa shape index (κ2) is 5.42. The van der Waals surface area contributed by atoms with Gasteiger partial charge in [-0.1, -0.05) is 12.1 Å². The normalized spacial score (nSPS) is 14.1. The predicted octanol–water partition coefficient (Wildman–Crippen LogP) is 2.33. The second-order valence-electron chi connectivity index (χ2n) is 5.64. The van der Waals surface area contributed by atoms with Crippen LogP contribution in [0.4, 0.5) is 5.82 Å². The molecule has 118 valence electrons. The SMILES string of the molecule is COc1cccc(CNc2ccc3nnc(C4CC4)n3n2)c1O. The number of nitrogens with one attached hydrogen (secondary N) is 1. The molecule has 23 heavy (non-hydrogen) atoms. The summed E-state index contributed by atoms with van der Waals surface area (Å²) in [5.74, 6) is 2.72. The molecule has 2 N–H and O–H groups in total. The van der Waals surface area contributed by atoms with Gasteiger partial charge in [-0.2, -0.15) is 4.52 Å². The van der Waals surface area contributed by atoms with Crippen molar-refractivity contribution >= 4 is 11.5 Å². The zero-order chi connectivity index (χ0) is 15.8. The van der Waals surface area contributed by atoms with Crippen LogP contribution in [0.1, 0.15) is 30.1 Å². The van der Waals surface area contributed by atoms with E-state index in [-0.39, 0.29) is 5.75 Å². The Hall–Kier alpha value is -2.83. The monoisotopic (exact) mass is 311 g/mol. The van der Waals surface area contributed by atoms with Crippen molar-refractivity contribution in [2.24, 2.45) is 0 Å². The molecule has 0 unspecified atom stereocenters. The average Bonchev–Trinajstić information content (AvgIpc) is 3.33. The highest BCUT2D eigenvalue weighted by Gasteiger charge is 2.29. The van der Waals surface area contributed by atoms with Crippen LogP contribution < -0.4 is 10.1 Å². The van der Waals surface area contributed by atoms with Crippen LogP contribution in [0, 0.1) is 0 Å². The summed E-state index contributed by atoms with van der Waals surface area (Å²) in [5.41, 5.74) is 1.50. The first-order valence-corrected chi connectivity index (χ1v) is 7.57. The number of nitrogens with zero attached hydrogens (tertiary/aromatic N) is 4. The lowest BCUT2D eigenvalue weighted by Gasteiger charge is -2.10. The number of methoxy groups -OCH3 is 1. The molecule has 0 aliphatic heterocycles. The number of phenols is 1. The lowest BCUT2D eigenvalue weighted by Crippen LogP contribution is -2.06. The molecule has 7 heteroatoms. The van der Waals surface area contributed by atoms with Crippen LogP contribution in [0.2, 0.25) is 0 Å². The fourth-order valence-corrected chi connectivity index (χ4v) is 2.56. The Morgan fingerprint density at radius 2 is 2.13 bits per heavy atom. The molecule has 3 aromatic rings. The van der Waals surface area contributed by atoms with Gasteiger partial charge in [-0.05, 0) is 31.0 Å². The lowest BCUT2D eigenvalue weighted by molar-refractivity contribution is 0.371. The number of phenolic OH excluding ortho intramolecular Hbond substituents is 1. The van der Waals surface area contributed by atoms with Crippen molar-refractivity contribution in [3.63, 3.8) is 0 Å². The Morgan fingerprint density at radius 1 is 1.26 bits per heavy atom. The van der Waals surface area contributed by atoms with Gasteiger partial charge in [-0.3, -0.25) is 0 Å². The zero-order valence-electron chi connectivity index (χ0n) is 12.7. The number of ether oxygens (including phenoxy) is 1. The fraction of sp³-hybridized carbons (Fsp3) is 0.312. The van der Waals surface area contributed by atoms with E-state index >= 15 is 0 Å². The van der Waals surface area contributed by atoms with E-state index in [9.17, 15) is 5.11 Å². The Kier molecular flexibility index (Phi) is 3.25. The van der Waals surface area contributed by atoms with Gasteiger partial charge in [0.15, 0.2) is 23.0 Å². The highest BCUT2D eigenvalue weighted by atomic mass is 16.5. The number of para-hydroxylation sites is 1. The van der Waals surface area contributed by atoms with Crippen molar-refractivity contribution in [1.29, 1.82) is 0 Å². The number of fused-ring (bicyclic) bond motifs is 1. The summed E-state index contributed by atoms with van der Waals surface area (Å²) in [4.78, 5) is 0. The quantitative estimate of drug-likeness (QED) is 0.752. The van der Waals surface area contributed by atoms with Crippen LogP contribution in [-0.2, 0) is 6.54 Å². The lowest BCUT2D eigenvalue weighted by atomic mass is 10.2. The molecule has 1 aromatic carbocycles. The van der Waals surface area contributed by atoms with Crippen molar-refractivity contribution < 1.29 is 9.84 Å². The minimum absolute atomic E-state index is 0.145. The molecule has 0 radical (unpaired) electrons. The summed E-state index contributed by atoms with van der Waals surface area (Å²) >= 11 is 0. The first kappa shape index (κ1) is 13.8. The Labute approximate surface area is 132 Å². The molecule has 2 heterocycles. The molecule has 4 rings (SSSR count). The first-order valence-electron chi connectivity index (χ1n) is 7.57. The van der Waals surface area contributed by atoms with E-state index in [1.807, 2.05) is 24.3 Å². The van der Waals surface area contributed by atoms with Gasteiger partial charge in [-0.15, -0.1) is 15.3 Å². The van der Waals surface area contributed by atoms with Crippen LogP contribution in [0.25, 0.3) is 5.65 Å². The number of rotatable bonds is 5.